The standard InChI is InChI=1S/C16H18N/c1-3-12-17(15-9-5-4-6-10-15)16-11-7-8-14(2)13-16/h4-11,13H,1,3,12H2,2H3. The zero-order valence-electron chi connectivity index (χ0n) is 10.3. The van der Waals surface area contributed by atoms with Gasteiger partial charge in [-0.1, -0.05) is 37.3 Å². The fourth-order valence-electron chi connectivity index (χ4n) is 1.97. The third-order valence-corrected chi connectivity index (χ3v) is 2.76. The van der Waals surface area contributed by atoms with Gasteiger partial charge in [0.2, 0.25) is 0 Å². The molecule has 0 bridgehead atoms. The van der Waals surface area contributed by atoms with Crippen molar-refractivity contribution in [2.45, 2.75) is 13.3 Å². The van der Waals surface area contributed by atoms with Crippen molar-refractivity contribution in [2.75, 3.05) is 11.4 Å². The number of hydrogen-bond donors (Lipinski definition) is 0. The van der Waals surface area contributed by atoms with Crippen LogP contribution in [-0.4, -0.2) is 6.54 Å². The van der Waals surface area contributed by atoms with Crippen LogP contribution in [0, 0.1) is 13.8 Å². The third kappa shape index (κ3) is 2.88. The smallest absolute Gasteiger partial charge is 0.0413 e. The van der Waals surface area contributed by atoms with Crippen molar-refractivity contribution in [2.24, 2.45) is 0 Å². The second-order valence-corrected chi connectivity index (χ2v) is 4.18. The van der Waals surface area contributed by atoms with Gasteiger partial charge in [0.05, 0.1) is 0 Å². The zero-order valence-corrected chi connectivity index (χ0v) is 10.3. The summed E-state index contributed by atoms with van der Waals surface area (Å²) in [5.74, 6) is 0. The van der Waals surface area contributed by atoms with Crippen LogP contribution in [0.2, 0.25) is 0 Å². The predicted octanol–water partition coefficient (Wildman–Crippen LogP) is 4.36. The molecule has 0 fully saturated rings. The van der Waals surface area contributed by atoms with Gasteiger partial charge in [0.15, 0.2) is 0 Å². The van der Waals surface area contributed by atoms with Crippen LogP contribution in [0.4, 0.5) is 11.4 Å². The third-order valence-electron chi connectivity index (χ3n) is 2.76. The molecule has 2 aromatic carbocycles. The van der Waals surface area contributed by atoms with E-state index in [1.807, 2.05) is 6.07 Å². The molecule has 87 valence electrons. The lowest BCUT2D eigenvalue weighted by Crippen LogP contribution is -2.17. The first kappa shape index (κ1) is 11.7. The van der Waals surface area contributed by atoms with E-state index in [0.717, 1.165) is 13.0 Å². The summed E-state index contributed by atoms with van der Waals surface area (Å²) in [6, 6.07) is 19.0. The normalized spacial score (nSPS) is 10.2. The van der Waals surface area contributed by atoms with E-state index < -0.39 is 0 Å². The Hall–Kier alpha value is -1.76. The molecule has 17 heavy (non-hydrogen) atoms. The molecule has 0 saturated carbocycles. The van der Waals surface area contributed by atoms with Gasteiger partial charge < -0.3 is 4.90 Å². The van der Waals surface area contributed by atoms with Crippen molar-refractivity contribution in [3.05, 3.63) is 67.1 Å². The van der Waals surface area contributed by atoms with Gasteiger partial charge in [-0.15, -0.1) is 0 Å². The van der Waals surface area contributed by atoms with Crippen molar-refractivity contribution < 1.29 is 0 Å². The molecule has 1 nitrogen and oxygen atoms in total. The summed E-state index contributed by atoms with van der Waals surface area (Å²) in [6.45, 7) is 7.02. The van der Waals surface area contributed by atoms with Crippen LogP contribution in [0.5, 0.6) is 0 Å². The molecule has 0 heterocycles. The number of anilines is 2. The SMILES string of the molecule is [CH2]CCN(c1ccccc1)c1cccc(C)c1. The van der Waals surface area contributed by atoms with E-state index in [4.69, 9.17) is 0 Å². The van der Waals surface area contributed by atoms with Gasteiger partial charge in [0.25, 0.3) is 0 Å². The fraction of sp³-hybridized carbons (Fsp3) is 0.188. The van der Waals surface area contributed by atoms with Crippen LogP contribution in [-0.2, 0) is 0 Å². The minimum atomic E-state index is 0.892. The fourth-order valence-corrected chi connectivity index (χ4v) is 1.97. The number of hydrogen-bond acceptors (Lipinski definition) is 1. The van der Waals surface area contributed by atoms with Gasteiger partial charge in [-0.2, -0.15) is 0 Å². The number of rotatable bonds is 4. The molecule has 0 amide bonds. The van der Waals surface area contributed by atoms with E-state index in [-0.39, 0.29) is 0 Å². The molecular weight excluding hydrogens is 206 g/mol. The lowest BCUT2D eigenvalue weighted by atomic mass is 10.2. The van der Waals surface area contributed by atoms with Gasteiger partial charge in [-0.3, -0.25) is 0 Å². The molecule has 1 heteroatoms. The minimum Gasteiger partial charge on any atom is -0.341 e. The highest BCUT2D eigenvalue weighted by Crippen LogP contribution is 2.25. The molecule has 0 aliphatic heterocycles. The Kier molecular flexibility index (Phi) is 3.81. The van der Waals surface area contributed by atoms with Crippen molar-refractivity contribution in [3.63, 3.8) is 0 Å². The van der Waals surface area contributed by atoms with Crippen LogP contribution < -0.4 is 4.90 Å². The Bertz CT molecular complexity index is 462. The Morgan fingerprint density at radius 3 is 2.29 bits per heavy atom. The molecule has 0 saturated heterocycles. The molecule has 1 radical (unpaired) electrons. The number of para-hydroxylation sites is 1. The summed E-state index contributed by atoms with van der Waals surface area (Å²) < 4.78 is 0. The van der Waals surface area contributed by atoms with Gasteiger partial charge in [-0.05, 0) is 43.2 Å². The van der Waals surface area contributed by atoms with E-state index >= 15 is 0 Å². The lowest BCUT2D eigenvalue weighted by molar-refractivity contribution is 0.938. The van der Waals surface area contributed by atoms with Gasteiger partial charge in [0.1, 0.15) is 0 Å². The van der Waals surface area contributed by atoms with Crippen molar-refractivity contribution in [3.8, 4) is 0 Å². The van der Waals surface area contributed by atoms with E-state index in [1.165, 1.54) is 16.9 Å². The maximum Gasteiger partial charge on any atom is 0.0413 e. The zero-order chi connectivity index (χ0) is 12.1. The maximum atomic E-state index is 3.96. The van der Waals surface area contributed by atoms with E-state index in [1.54, 1.807) is 0 Å². The summed E-state index contributed by atoms with van der Waals surface area (Å²) in [6.07, 6.45) is 0.892. The van der Waals surface area contributed by atoms with E-state index in [0.29, 0.717) is 0 Å². The first-order valence-corrected chi connectivity index (χ1v) is 6.00. The van der Waals surface area contributed by atoms with Crippen molar-refractivity contribution in [1.82, 2.24) is 0 Å². The summed E-state index contributed by atoms with van der Waals surface area (Å²) in [5.41, 5.74) is 3.74. The molecule has 0 spiro atoms. The quantitative estimate of drug-likeness (QED) is 0.746. The molecule has 2 aromatic rings. The van der Waals surface area contributed by atoms with Crippen molar-refractivity contribution >= 4 is 11.4 Å². The average Bonchev–Trinajstić information content (AvgIpc) is 2.37. The monoisotopic (exact) mass is 224 g/mol. The highest BCUT2D eigenvalue weighted by atomic mass is 15.1. The largest absolute Gasteiger partial charge is 0.341 e. The molecule has 0 atom stereocenters. The summed E-state index contributed by atoms with van der Waals surface area (Å²) in [7, 11) is 0. The van der Waals surface area contributed by atoms with Crippen LogP contribution >= 0.6 is 0 Å². The number of nitrogens with zero attached hydrogens (tertiary/aromatic N) is 1. The minimum absolute atomic E-state index is 0.892. The van der Waals surface area contributed by atoms with E-state index in [2.05, 4.69) is 67.3 Å². The molecule has 0 N–H and O–H groups in total. The predicted molar refractivity (Wildman–Crippen MR) is 74.6 cm³/mol. The Balaban J connectivity index is 2.35. The van der Waals surface area contributed by atoms with Gasteiger partial charge >= 0.3 is 0 Å². The molecular formula is C16H18N. The Morgan fingerprint density at radius 2 is 1.65 bits per heavy atom. The number of aryl methyl sites for hydroxylation is 1. The molecule has 0 aliphatic carbocycles. The van der Waals surface area contributed by atoms with Crippen molar-refractivity contribution in [1.29, 1.82) is 0 Å². The lowest BCUT2D eigenvalue weighted by Gasteiger charge is -2.24. The Morgan fingerprint density at radius 1 is 0.941 bits per heavy atom. The second-order valence-electron chi connectivity index (χ2n) is 4.18. The van der Waals surface area contributed by atoms with Crippen LogP contribution in [0.25, 0.3) is 0 Å². The highest BCUT2D eigenvalue weighted by Gasteiger charge is 2.07. The summed E-state index contributed by atoms with van der Waals surface area (Å²) >= 11 is 0. The number of benzene rings is 2. The van der Waals surface area contributed by atoms with Crippen LogP contribution in [0.3, 0.4) is 0 Å². The molecule has 2 rings (SSSR count). The first-order valence-electron chi connectivity index (χ1n) is 6.00. The Labute approximate surface area is 104 Å². The highest BCUT2D eigenvalue weighted by molar-refractivity contribution is 5.63. The van der Waals surface area contributed by atoms with Gasteiger partial charge in [-0.25, -0.2) is 0 Å². The van der Waals surface area contributed by atoms with Crippen LogP contribution in [0.15, 0.2) is 54.6 Å². The second kappa shape index (κ2) is 5.53. The molecule has 0 aliphatic rings. The molecule has 0 unspecified atom stereocenters. The summed E-state index contributed by atoms with van der Waals surface area (Å²) in [4.78, 5) is 2.31. The molecule has 0 aromatic heterocycles. The maximum absolute atomic E-state index is 3.96. The van der Waals surface area contributed by atoms with E-state index in [9.17, 15) is 0 Å². The average molecular weight is 224 g/mol. The topological polar surface area (TPSA) is 3.24 Å². The summed E-state index contributed by atoms with van der Waals surface area (Å²) in [5, 5.41) is 0. The van der Waals surface area contributed by atoms with Gasteiger partial charge in [0, 0.05) is 17.9 Å². The van der Waals surface area contributed by atoms with Crippen LogP contribution in [0.1, 0.15) is 12.0 Å². The first-order chi connectivity index (χ1) is 8.31.